The van der Waals surface area contributed by atoms with Crippen LogP contribution in [0.4, 0.5) is 5.69 Å². The van der Waals surface area contributed by atoms with Crippen molar-refractivity contribution in [2.24, 2.45) is 5.92 Å². The Morgan fingerprint density at radius 2 is 1.67 bits per heavy atom. The lowest BCUT2D eigenvalue weighted by Gasteiger charge is -2.18. The predicted molar refractivity (Wildman–Crippen MR) is 120 cm³/mol. The molecular weight excluding hydrogens is 372 g/mol. The maximum absolute atomic E-state index is 12.6. The summed E-state index contributed by atoms with van der Waals surface area (Å²) in [5, 5.41) is 3.24. The molecule has 30 heavy (non-hydrogen) atoms. The van der Waals surface area contributed by atoms with Gasteiger partial charge in [-0.3, -0.25) is 4.79 Å². The first-order valence-electron chi connectivity index (χ1n) is 10.8. The highest BCUT2D eigenvalue weighted by atomic mass is 16.2. The maximum atomic E-state index is 12.6. The molecule has 0 aliphatic heterocycles. The Bertz CT molecular complexity index is 1050. The first-order chi connectivity index (χ1) is 14.5. The Kier molecular flexibility index (Phi) is 4.61. The molecule has 1 amide bonds. The number of anilines is 1. The molecule has 0 unspecified atom stereocenters. The number of hydrogen-bond acceptors (Lipinski definition) is 3. The highest BCUT2D eigenvalue weighted by Gasteiger charge is 2.41. The number of imidazole rings is 1. The average molecular weight is 401 g/mol. The fraction of sp³-hybridized carbons (Fsp3) is 0.360. The van der Waals surface area contributed by atoms with Crippen molar-refractivity contribution in [1.82, 2.24) is 14.9 Å². The highest BCUT2D eigenvalue weighted by Crippen LogP contribution is 2.40. The molecule has 2 aromatic carbocycles. The lowest BCUT2D eigenvalue weighted by atomic mass is 10.0. The summed E-state index contributed by atoms with van der Waals surface area (Å²) in [5.74, 6) is 0.336. The van der Waals surface area contributed by atoms with Gasteiger partial charge >= 0.3 is 0 Å². The molecule has 1 aromatic heterocycles. The average Bonchev–Trinajstić information content (AvgIpc) is 3.16. The van der Waals surface area contributed by atoms with E-state index in [2.05, 4.69) is 46.1 Å². The number of nitrogen functional groups attached to an aromatic ring is 1. The van der Waals surface area contributed by atoms with E-state index < -0.39 is 0 Å². The first-order valence-corrected chi connectivity index (χ1v) is 10.8. The van der Waals surface area contributed by atoms with E-state index in [1.165, 1.54) is 0 Å². The number of carbonyl (C=O) groups excluding carboxylic acids is 1. The second-order valence-electron chi connectivity index (χ2n) is 9.10. The Hall–Kier alpha value is -3.08. The van der Waals surface area contributed by atoms with Gasteiger partial charge < -0.3 is 15.6 Å². The summed E-state index contributed by atoms with van der Waals surface area (Å²) in [5.41, 5.74) is 11.2. The molecule has 2 saturated carbocycles. The van der Waals surface area contributed by atoms with Gasteiger partial charge in [-0.1, -0.05) is 36.4 Å². The third kappa shape index (κ3) is 3.72. The molecule has 0 radical (unpaired) electrons. The smallest absolute Gasteiger partial charge is 0.223 e. The predicted octanol–water partition coefficient (Wildman–Crippen LogP) is 4.81. The lowest BCUT2D eigenvalue weighted by Crippen LogP contribution is -2.38. The minimum absolute atomic E-state index is 0.0571. The maximum Gasteiger partial charge on any atom is 0.223 e. The van der Waals surface area contributed by atoms with Crippen LogP contribution in [0.1, 0.15) is 45.1 Å². The standard InChI is InChI=1S/C25H28N4O/c1-25(12-13-25)28-24(30)20-8-11-22(14-20)29-16-27-15-23(29)19-4-2-17(3-5-19)18-6-9-21(26)10-7-18/h2-7,9-10,15-16,20,22H,8,11-14,26H2,1H3,(H,28,30)/t20-,22+/m0/s1. The molecule has 0 spiro atoms. The number of nitrogens with zero attached hydrogens (tertiary/aromatic N) is 2. The highest BCUT2D eigenvalue weighted by molar-refractivity contribution is 5.80. The zero-order chi connectivity index (χ0) is 20.7. The number of aromatic nitrogens is 2. The number of carbonyl (C=O) groups is 1. The van der Waals surface area contributed by atoms with E-state index in [-0.39, 0.29) is 17.4 Å². The molecule has 2 aliphatic carbocycles. The normalized spacial score (nSPS) is 22.0. The Balaban J connectivity index is 1.31. The molecule has 3 N–H and O–H groups in total. The number of nitrogens with two attached hydrogens (primary N) is 1. The first kappa shape index (κ1) is 18.9. The summed E-state index contributed by atoms with van der Waals surface area (Å²) in [7, 11) is 0. The van der Waals surface area contributed by atoms with Crippen LogP contribution in [0.5, 0.6) is 0 Å². The second-order valence-corrected chi connectivity index (χ2v) is 9.10. The van der Waals surface area contributed by atoms with Crippen molar-refractivity contribution in [3.63, 3.8) is 0 Å². The molecule has 2 atom stereocenters. The van der Waals surface area contributed by atoms with Gasteiger partial charge in [-0.15, -0.1) is 0 Å². The fourth-order valence-corrected chi connectivity index (χ4v) is 4.49. The monoisotopic (exact) mass is 400 g/mol. The summed E-state index contributed by atoms with van der Waals surface area (Å²) in [4.78, 5) is 17.0. The van der Waals surface area contributed by atoms with Crippen LogP contribution in [0, 0.1) is 5.92 Å². The molecule has 3 aromatic rings. The summed E-state index contributed by atoms with van der Waals surface area (Å²) in [6, 6.07) is 16.8. The Morgan fingerprint density at radius 1 is 1.03 bits per heavy atom. The van der Waals surface area contributed by atoms with Crippen LogP contribution in [0.15, 0.2) is 61.1 Å². The molecule has 5 heteroatoms. The van der Waals surface area contributed by atoms with E-state index in [1.807, 2.05) is 36.8 Å². The third-order valence-corrected chi connectivity index (χ3v) is 6.68. The largest absolute Gasteiger partial charge is 0.399 e. The SMILES string of the molecule is CC1(NC(=O)[C@H]2CC[C@@H](n3cncc3-c3ccc(-c4ccc(N)cc4)cc3)C2)CC1. The number of benzene rings is 2. The van der Waals surface area contributed by atoms with Crippen LogP contribution in [0.2, 0.25) is 0 Å². The molecule has 154 valence electrons. The summed E-state index contributed by atoms with van der Waals surface area (Å²) in [6.45, 7) is 2.14. The molecule has 2 aliphatic rings. The number of amides is 1. The molecule has 0 bridgehead atoms. The summed E-state index contributed by atoms with van der Waals surface area (Å²) in [6.07, 6.45) is 8.89. The van der Waals surface area contributed by atoms with Crippen molar-refractivity contribution in [2.45, 2.75) is 50.6 Å². The molecule has 1 heterocycles. The number of hydrogen-bond donors (Lipinski definition) is 2. The van der Waals surface area contributed by atoms with E-state index >= 15 is 0 Å². The Morgan fingerprint density at radius 3 is 2.33 bits per heavy atom. The van der Waals surface area contributed by atoms with Crippen molar-refractivity contribution in [1.29, 1.82) is 0 Å². The molecule has 5 rings (SSSR count). The number of rotatable bonds is 5. The minimum Gasteiger partial charge on any atom is -0.399 e. The van der Waals surface area contributed by atoms with Gasteiger partial charge in [0.15, 0.2) is 0 Å². The van der Waals surface area contributed by atoms with Crippen LogP contribution in [-0.4, -0.2) is 21.0 Å². The van der Waals surface area contributed by atoms with Crippen LogP contribution >= 0.6 is 0 Å². The zero-order valence-corrected chi connectivity index (χ0v) is 17.3. The zero-order valence-electron chi connectivity index (χ0n) is 17.3. The van der Waals surface area contributed by atoms with Crippen LogP contribution in [0.3, 0.4) is 0 Å². The van der Waals surface area contributed by atoms with E-state index in [1.54, 1.807) is 0 Å². The Labute approximate surface area is 177 Å². The topological polar surface area (TPSA) is 72.9 Å². The van der Waals surface area contributed by atoms with Gasteiger partial charge in [0.25, 0.3) is 0 Å². The molecule has 0 saturated heterocycles. The molecule has 5 nitrogen and oxygen atoms in total. The van der Waals surface area contributed by atoms with Gasteiger partial charge in [-0.2, -0.15) is 0 Å². The van der Waals surface area contributed by atoms with Crippen molar-refractivity contribution in [2.75, 3.05) is 5.73 Å². The van der Waals surface area contributed by atoms with Crippen LogP contribution in [0.25, 0.3) is 22.4 Å². The van der Waals surface area contributed by atoms with Gasteiger partial charge in [-0.05, 0) is 67.9 Å². The third-order valence-electron chi connectivity index (χ3n) is 6.68. The van der Waals surface area contributed by atoms with Gasteiger partial charge in [0.2, 0.25) is 5.91 Å². The quantitative estimate of drug-likeness (QED) is 0.604. The van der Waals surface area contributed by atoms with Crippen LogP contribution in [-0.2, 0) is 4.79 Å². The number of nitrogens with one attached hydrogen (secondary N) is 1. The van der Waals surface area contributed by atoms with Crippen molar-refractivity contribution in [3.8, 4) is 22.4 Å². The fourth-order valence-electron chi connectivity index (χ4n) is 4.49. The van der Waals surface area contributed by atoms with Gasteiger partial charge in [0.05, 0.1) is 18.2 Å². The van der Waals surface area contributed by atoms with E-state index in [0.29, 0.717) is 6.04 Å². The summed E-state index contributed by atoms with van der Waals surface area (Å²) >= 11 is 0. The molecule has 2 fully saturated rings. The van der Waals surface area contributed by atoms with E-state index in [4.69, 9.17) is 5.73 Å². The van der Waals surface area contributed by atoms with E-state index in [0.717, 1.165) is 60.2 Å². The van der Waals surface area contributed by atoms with Gasteiger partial charge in [-0.25, -0.2) is 4.98 Å². The minimum atomic E-state index is 0.0571. The van der Waals surface area contributed by atoms with E-state index in [9.17, 15) is 4.79 Å². The molecular formula is C25H28N4O. The van der Waals surface area contributed by atoms with Gasteiger partial charge in [0.1, 0.15) is 0 Å². The summed E-state index contributed by atoms with van der Waals surface area (Å²) < 4.78 is 2.25. The second kappa shape index (κ2) is 7.31. The van der Waals surface area contributed by atoms with Crippen molar-refractivity contribution >= 4 is 11.6 Å². The van der Waals surface area contributed by atoms with Crippen LogP contribution < -0.4 is 11.1 Å². The van der Waals surface area contributed by atoms with Crippen molar-refractivity contribution < 1.29 is 4.79 Å². The van der Waals surface area contributed by atoms with Crippen molar-refractivity contribution in [3.05, 3.63) is 61.1 Å². The lowest BCUT2D eigenvalue weighted by molar-refractivity contribution is -0.125. The van der Waals surface area contributed by atoms with Gasteiger partial charge in [0, 0.05) is 23.2 Å².